The summed E-state index contributed by atoms with van der Waals surface area (Å²) in [6.07, 6.45) is 3.40. The van der Waals surface area contributed by atoms with Crippen molar-refractivity contribution in [2.24, 2.45) is 17.6 Å². The van der Waals surface area contributed by atoms with E-state index in [-0.39, 0.29) is 11.9 Å². The molecule has 0 radical (unpaired) electrons. The molecule has 3 heteroatoms. The van der Waals surface area contributed by atoms with Crippen LogP contribution in [0.5, 0.6) is 0 Å². The number of hydrogen-bond acceptors (Lipinski definition) is 1. The molecule has 0 bridgehead atoms. The van der Waals surface area contributed by atoms with E-state index in [4.69, 9.17) is 17.3 Å². The van der Waals surface area contributed by atoms with Crippen molar-refractivity contribution in [3.05, 3.63) is 34.6 Å². The van der Waals surface area contributed by atoms with E-state index in [0.29, 0.717) is 22.4 Å². The van der Waals surface area contributed by atoms with Crippen molar-refractivity contribution in [2.45, 2.75) is 32.2 Å². The fraction of sp³-hybridized carbons (Fsp3) is 0.538. The highest BCUT2D eigenvalue weighted by atomic mass is 35.5. The van der Waals surface area contributed by atoms with Gasteiger partial charge < -0.3 is 5.73 Å². The minimum absolute atomic E-state index is 0.192. The fourth-order valence-electron chi connectivity index (χ4n) is 2.60. The van der Waals surface area contributed by atoms with E-state index < -0.39 is 0 Å². The van der Waals surface area contributed by atoms with Gasteiger partial charge >= 0.3 is 0 Å². The van der Waals surface area contributed by atoms with E-state index in [1.54, 1.807) is 12.1 Å². The fourth-order valence-corrected chi connectivity index (χ4v) is 2.76. The molecule has 1 nitrogen and oxygen atoms in total. The summed E-state index contributed by atoms with van der Waals surface area (Å²) in [5.74, 6) is 0.844. The van der Waals surface area contributed by atoms with Crippen molar-refractivity contribution >= 4 is 11.6 Å². The van der Waals surface area contributed by atoms with E-state index in [1.807, 2.05) is 0 Å². The van der Waals surface area contributed by atoms with Crippen molar-refractivity contribution in [1.82, 2.24) is 0 Å². The van der Waals surface area contributed by atoms with Crippen molar-refractivity contribution in [3.8, 4) is 0 Å². The van der Waals surface area contributed by atoms with Crippen LogP contribution < -0.4 is 5.73 Å². The molecular weight excluding hydrogens is 225 g/mol. The van der Waals surface area contributed by atoms with Gasteiger partial charge in [-0.25, -0.2) is 4.39 Å². The maximum atomic E-state index is 13.7. The second kappa shape index (κ2) is 4.72. The van der Waals surface area contributed by atoms with Crippen LogP contribution >= 0.6 is 11.6 Å². The second-order valence-corrected chi connectivity index (χ2v) is 5.31. The summed E-state index contributed by atoms with van der Waals surface area (Å²) in [5, 5.41) is 0.424. The number of nitrogens with two attached hydrogens (primary N) is 1. The van der Waals surface area contributed by atoms with Gasteiger partial charge in [0.15, 0.2) is 0 Å². The van der Waals surface area contributed by atoms with Crippen molar-refractivity contribution < 1.29 is 4.39 Å². The van der Waals surface area contributed by atoms with Gasteiger partial charge in [-0.2, -0.15) is 0 Å². The van der Waals surface area contributed by atoms with Gasteiger partial charge in [-0.15, -0.1) is 0 Å². The van der Waals surface area contributed by atoms with E-state index in [1.165, 1.54) is 12.5 Å². The third-order valence-electron chi connectivity index (χ3n) is 3.56. The van der Waals surface area contributed by atoms with E-state index >= 15 is 0 Å². The van der Waals surface area contributed by atoms with Crippen molar-refractivity contribution in [3.63, 3.8) is 0 Å². The lowest BCUT2D eigenvalue weighted by Crippen LogP contribution is -2.20. The zero-order valence-electron chi connectivity index (χ0n) is 9.42. The average Bonchev–Trinajstić information content (AvgIpc) is 2.64. The summed E-state index contributed by atoms with van der Waals surface area (Å²) in [5.41, 5.74) is 6.73. The van der Waals surface area contributed by atoms with Crippen LogP contribution in [0, 0.1) is 17.7 Å². The number of halogens is 2. The lowest BCUT2D eigenvalue weighted by Gasteiger charge is -2.20. The minimum atomic E-state index is -0.278. The highest BCUT2D eigenvalue weighted by molar-refractivity contribution is 6.30. The predicted molar refractivity (Wildman–Crippen MR) is 64.8 cm³/mol. The predicted octanol–water partition coefficient (Wildman–Crippen LogP) is 3.92. The molecule has 3 atom stereocenters. The van der Waals surface area contributed by atoms with E-state index in [2.05, 4.69) is 6.92 Å². The summed E-state index contributed by atoms with van der Waals surface area (Å²) in [6, 6.07) is 4.57. The molecule has 1 aliphatic carbocycles. The molecular formula is C13H17ClFN. The molecule has 2 rings (SSSR count). The molecule has 0 aliphatic heterocycles. The highest BCUT2D eigenvalue weighted by Gasteiger charge is 2.28. The lowest BCUT2D eigenvalue weighted by atomic mass is 9.91. The summed E-state index contributed by atoms with van der Waals surface area (Å²) in [4.78, 5) is 0. The van der Waals surface area contributed by atoms with Gasteiger partial charge in [0.1, 0.15) is 5.82 Å². The summed E-state index contributed by atoms with van der Waals surface area (Å²) < 4.78 is 13.7. The maximum absolute atomic E-state index is 13.7. The molecule has 88 valence electrons. The van der Waals surface area contributed by atoms with Crippen LogP contribution in [0.4, 0.5) is 4.39 Å². The number of benzene rings is 1. The topological polar surface area (TPSA) is 26.0 Å². The molecule has 0 saturated heterocycles. The first-order valence-corrected chi connectivity index (χ1v) is 6.16. The Hall–Kier alpha value is -0.600. The molecule has 0 amide bonds. The zero-order chi connectivity index (χ0) is 11.7. The summed E-state index contributed by atoms with van der Waals surface area (Å²) >= 11 is 5.72. The normalized spacial score (nSPS) is 27.0. The molecule has 0 heterocycles. The Labute approximate surface area is 101 Å². The Balaban J connectivity index is 2.17. The summed E-state index contributed by atoms with van der Waals surface area (Å²) in [6.45, 7) is 2.23. The monoisotopic (exact) mass is 241 g/mol. The third kappa shape index (κ3) is 2.38. The largest absolute Gasteiger partial charge is 0.324 e. The Bertz CT molecular complexity index is 380. The van der Waals surface area contributed by atoms with Gasteiger partial charge in [0, 0.05) is 16.6 Å². The molecule has 16 heavy (non-hydrogen) atoms. The van der Waals surface area contributed by atoms with Crippen LogP contribution in [0.1, 0.15) is 37.8 Å². The van der Waals surface area contributed by atoms with Gasteiger partial charge in [-0.3, -0.25) is 0 Å². The van der Waals surface area contributed by atoms with Gasteiger partial charge in [0.2, 0.25) is 0 Å². The Kier molecular flexibility index (Phi) is 3.50. The molecule has 2 N–H and O–H groups in total. The van der Waals surface area contributed by atoms with Crippen molar-refractivity contribution in [1.29, 1.82) is 0 Å². The maximum Gasteiger partial charge on any atom is 0.129 e. The van der Waals surface area contributed by atoms with Crippen LogP contribution in [-0.4, -0.2) is 0 Å². The van der Waals surface area contributed by atoms with Gasteiger partial charge in [0.25, 0.3) is 0 Å². The third-order valence-corrected chi connectivity index (χ3v) is 3.80. The second-order valence-electron chi connectivity index (χ2n) is 4.87. The molecule has 0 spiro atoms. The first kappa shape index (κ1) is 11.9. The minimum Gasteiger partial charge on any atom is -0.324 e. The quantitative estimate of drug-likeness (QED) is 0.835. The standard InChI is InChI=1S/C13H17ClFN/c1-8-2-3-9(6-8)13(16)11-5-4-10(14)7-12(11)15/h4-5,7-9,13H,2-3,6,16H2,1H3. The molecule has 3 unspecified atom stereocenters. The van der Waals surface area contributed by atoms with Crippen molar-refractivity contribution in [2.75, 3.05) is 0 Å². The highest BCUT2D eigenvalue weighted by Crippen LogP contribution is 2.38. The van der Waals surface area contributed by atoms with Gasteiger partial charge in [-0.05, 0) is 36.8 Å². The number of rotatable bonds is 2. The van der Waals surface area contributed by atoms with Crippen LogP contribution in [0.15, 0.2) is 18.2 Å². The van der Waals surface area contributed by atoms with Gasteiger partial charge in [0.05, 0.1) is 0 Å². The van der Waals surface area contributed by atoms with Gasteiger partial charge in [-0.1, -0.05) is 31.0 Å². The molecule has 1 fully saturated rings. The lowest BCUT2D eigenvalue weighted by molar-refractivity contribution is 0.415. The van der Waals surface area contributed by atoms with Crippen LogP contribution in [0.3, 0.4) is 0 Å². The SMILES string of the molecule is CC1CCC(C(N)c2ccc(Cl)cc2F)C1. The van der Waals surface area contributed by atoms with Crippen LogP contribution in [-0.2, 0) is 0 Å². The molecule has 1 aliphatic rings. The van der Waals surface area contributed by atoms with E-state index in [9.17, 15) is 4.39 Å². The van der Waals surface area contributed by atoms with Crippen LogP contribution in [0.2, 0.25) is 5.02 Å². The Morgan fingerprint density at radius 1 is 1.44 bits per heavy atom. The van der Waals surface area contributed by atoms with E-state index in [0.717, 1.165) is 12.8 Å². The zero-order valence-corrected chi connectivity index (χ0v) is 10.2. The Morgan fingerprint density at radius 3 is 2.75 bits per heavy atom. The smallest absolute Gasteiger partial charge is 0.129 e. The first-order valence-electron chi connectivity index (χ1n) is 5.78. The molecule has 1 saturated carbocycles. The summed E-state index contributed by atoms with van der Waals surface area (Å²) in [7, 11) is 0. The van der Waals surface area contributed by atoms with Crippen LogP contribution in [0.25, 0.3) is 0 Å². The first-order chi connectivity index (χ1) is 7.58. The molecule has 1 aromatic carbocycles. The Morgan fingerprint density at radius 2 is 2.19 bits per heavy atom. The molecule has 1 aromatic rings. The molecule has 0 aromatic heterocycles. The number of hydrogen-bond donors (Lipinski definition) is 1. The average molecular weight is 242 g/mol.